The number of aliphatic hydroxyl groups is 1. The molecule has 0 spiro atoms. The summed E-state index contributed by atoms with van der Waals surface area (Å²) in [6.45, 7) is 8.28. The highest BCUT2D eigenvalue weighted by atomic mass is 16.3. The van der Waals surface area contributed by atoms with Crippen LogP contribution in [0.2, 0.25) is 0 Å². The van der Waals surface area contributed by atoms with Crippen molar-refractivity contribution >= 4 is 5.78 Å². The van der Waals surface area contributed by atoms with Crippen molar-refractivity contribution in [3.05, 3.63) is 0 Å². The summed E-state index contributed by atoms with van der Waals surface area (Å²) in [7, 11) is 0. The lowest BCUT2D eigenvalue weighted by atomic mass is 10.1. The van der Waals surface area contributed by atoms with Gasteiger partial charge >= 0.3 is 0 Å². The molecule has 0 bridgehead atoms. The third-order valence-electron chi connectivity index (χ3n) is 3.07. The summed E-state index contributed by atoms with van der Waals surface area (Å²) in [6.07, 6.45) is 10.5. The summed E-state index contributed by atoms with van der Waals surface area (Å²) in [5, 5.41) is 9.08. The molecule has 2 nitrogen and oxygen atoms in total. The van der Waals surface area contributed by atoms with E-state index in [2.05, 4.69) is 13.8 Å². The van der Waals surface area contributed by atoms with Crippen LogP contribution in [0.5, 0.6) is 0 Å². The molecule has 0 radical (unpaired) electrons. The van der Waals surface area contributed by atoms with Crippen LogP contribution in [0.25, 0.3) is 0 Å². The topological polar surface area (TPSA) is 37.3 Å². The van der Waals surface area contributed by atoms with Crippen molar-refractivity contribution < 1.29 is 9.90 Å². The molecule has 1 N–H and O–H groups in total. The van der Waals surface area contributed by atoms with Gasteiger partial charge in [0.2, 0.25) is 0 Å². The SMILES string of the molecule is CCCCCC(=O)CC.CCCCCC(O)CC. The van der Waals surface area contributed by atoms with Crippen molar-refractivity contribution in [2.45, 2.75) is 98.0 Å². The lowest BCUT2D eigenvalue weighted by Gasteiger charge is -2.04. The van der Waals surface area contributed by atoms with Crippen LogP contribution < -0.4 is 0 Å². The van der Waals surface area contributed by atoms with Crippen LogP contribution in [0.4, 0.5) is 0 Å². The summed E-state index contributed by atoms with van der Waals surface area (Å²) in [6, 6.07) is 0. The maximum atomic E-state index is 10.7. The Morgan fingerprint density at radius 2 is 1.50 bits per heavy atom. The molecule has 0 amide bonds. The third-order valence-corrected chi connectivity index (χ3v) is 3.07. The minimum Gasteiger partial charge on any atom is -0.393 e. The van der Waals surface area contributed by atoms with E-state index in [1.54, 1.807) is 0 Å². The number of hydrogen-bond acceptors (Lipinski definition) is 2. The first-order valence-electron chi connectivity index (χ1n) is 7.81. The van der Waals surface area contributed by atoms with Gasteiger partial charge in [-0.2, -0.15) is 0 Å². The molecule has 1 unspecified atom stereocenters. The number of rotatable bonds is 10. The molecule has 0 rings (SSSR count). The van der Waals surface area contributed by atoms with Crippen LogP contribution in [-0.2, 0) is 4.79 Å². The van der Waals surface area contributed by atoms with E-state index in [1.165, 1.54) is 32.1 Å². The highest BCUT2D eigenvalue weighted by Crippen LogP contribution is 2.04. The molecule has 0 fully saturated rings. The molecule has 0 saturated heterocycles. The molecular formula is C16H34O2. The highest BCUT2D eigenvalue weighted by Gasteiger charge is 1.97. The summed E-state index contributed by atoms with van der Waals surface area (Å²) >= 11 is 0. The van der Waals surface area contributed by atoms with E-state index in [0.717, 1.165) is 25.7 Å². The molecule has 0 aliphatic carbocycles. The molecule has 18 heavy (non-hydrogen) atoms. The second-order valence-electron chi connectivity index (χ2n) is 4.91. The minimum absolute atomic E-state index is 0.0449. The Bertz CT molecular complexity index is 166. The fraction of sp³-hybridized carbons (Fsp3) is 0.938. The molecule has 0 aliphatic rings. The molecule has 0 heterocycles. The summed E-state index contributed by atoms with van der Waals surface area (Å²) < 4.78 is 0. The van der Waals surface area contributed by atoms with Crippen molar-refractivity contribution in [2.75, 3.05) is 0 Å². The number of carbonyl (C=O) groups excluding carboxylic acids is 1. The Kier molecular flexibility index (Phi) is 18.4. The van der Waals surface area contributed by atoms with Crippen LogP contribution in [0.1, 0.15) is 91.9 Å². The molecular weight excluding hydrogens is 224 g/mol. The zero-order chi connectivity index (χ0) is 14.2. The van der Waals surface area contributed by atoms with Crippen molar-refractivity contribution in [3.63, 3.8) is 0 Å². The van der Waals surface area contributed by atoms with Gasteiger partial charge in [-0.3, -0.25) is 4.79 Å². The molecule has 2 heteroatoms. The second-order valence-corrected chi connectivity index (χ2v) is 4.91. The van der Waals surface area contributed by atoms with Gasteiger partial charge in [-0.05, 0) is 19.3 Å². The van der Waals surface area contributed by atoms with Crippen molar-refractivity contribution in [1.29, 1.82) is 0 Å². The van der Waals surface area contributed by atoms with Gasteiger partial charge in [0.05, 0.1) is 6.10 Å². The maximum absolute atomic E-state index is 10.7. The molecule has 0 aromatic heterocycles. The third kappa shape index (κ3) is 18.0. The standard InChI is InChI=1S/C8H18O.C8H16O/c2*1-3-5-6-7-8(9)4-2/h8-9H,3-7H2,1-2H3;3-7H2,1-2H3. The van der Waals surface area contributed by atoms with Crippen LogP contribution in [0, 0.1) is 0 Å². The Morgan fingerprint density at radius 1 is 0.944 bits per heavy atom. The van der Waals surface area contributed by atoms with Gasteiger partial charge in [0.1, 0.15) is 5.78 Å². The van der Waals surface area contributed by atoms with Gasteiger partial charge in [-0.1, -0.05) is 59.8 Å². The number of carbonyl (C=O) groups is 1. The molecule has 110 valence electrons. The fourth-order valence-electron chi connectivity index (χ4n) is 1.58. The van der Waals surface area contributed by atoms with Crippen molar-refractivity contribution in [2.24, 2.45) is 0 Å². The van der Waals surface area contributed by atoms with Crippen LogP contribution in [0.3, 0.4) is 0 Å². The van der Waals surface area contributed by atoms with Crippen molar-refractivity contribution in [3.8, 4) is 0 Å². The first-order chi connectivity index (χ1) is 8.62. The van der Waals surface area contributed by atoms with Gasteiger partial charge in [-0.25, -0.2) is 0 Å². The average molecular weight is 258 g/mol. The first-order valence-corrected chi connectivity index (χ1v) is 7.81. The molecule has 1 atom stereocenters. The van der Waals surface area contributed by atoms with Crippen molar-refractivity contribution in [1.82, 2.24) is 0 Å². The van der Waals surface area contributed by atoms with Crippen LogP contribution in [0.15, 0.2) is 0 Å². The summed E-state index contributed by atoms with van der Waals surface area (Å²) in [5.74, 6) is 0.406. The van der Waals surface area contributed by atoms with Gasteiger partial charge in [-0.15, -0.1) is 0 Å². The molecule has 0 aromatic rings. The summed E-state index contributed by atoms with van der Waals surface area (Å²) in [5.41, 5.74) is 0. The number of hydrogen-bond donors (Lipinski definition) is 1. The monoisotopic (exact) mass is 258 g/mol. The maximum Gasteiger partial charge on any atom is 0.132 e. The second kappa shape index (κ2) is 16.6. The zero-order valence-corrected chi connectivity index (χ0v) is 13.0. The van der Waals surface area contributed by atoms with E-state index in [9.17, 15) is 4.79 Å². The van der Waals surface area contributed by atoms with Crippen LogP contribution >= 0.6 is 0 Å². The largest absolute Gasteiger partial charge is 0.393 e. The Balaban J connectivity index is 0. The van der Waals surface area contributed by atoms with Crippen LogP contribution in [-0.4, -0.2) is 17.0 Å². The molecule has 0 saturated carbocycles. The van der Waals surface area contributed by atoms with E-state index in [0.29, 0.717) is 12.2 Å². The zero-order valence-electron chi connectivity index (χ0n) is 13.0. The normalized spacial score (nSPS) is 11.6. The van der Waals surface area contributed by atoms with Gasteiger partial charge in [0.15, 0.2) is 0 Å². The molecule has 0 aromatic carbocycles. The predicted octanol–water partition coefficient (Wildman–Crippen LogP) is 4.88. The smallest absolute Gasteiger partial charge is 0.132 e. The Labute approximate surface area is 114 Å². The van der Waals surface area contributed by atoms with E-state index in [-0.39, 0.29) is 6.10 Å². The Hall–Kier alpha value is -0.370. The first kappa shape index (κ1) is 20.0. The number of ketones is 1. The lowest BCUT2D eigenvalue weighted by molar-refractivity contribution is -0.118. The number of aliphatic hydroxyl groups excluding tert-OH is 1. The van der Waals surface area contributed by atoms with E-state index in [4.69, 9.17) is 5.11 Å². The number of Topliss-reactive ketones (excluding diaryl/α,β-unsaturated/α-hetero) is 1. The Morgan fingerprint density at radius 3 is 1.94 bits per heavy atom. The highest BCUT2D eigenvalue weighted by molar-refractivity contribution is 5.77. The minimum atomic E-state index is -0.0449. The van der Waals surface area contributed by atoms with Gasteiger partial charge < -0.3 is 5.11 Å². The lowest BCUT2D eigenvalue weighted by Crippen LogP contribution is -2.02. The van der Waals surface area contributed by atoms with E-state index >= 15 is 0 Å². The fourth-order valence-corrected chi connectivity index (χ4v) is 1.58. The van der Waals surface area contributed by atoms with E-state index < -0.39 is 0 Å². The predicted molar refractivity (Wildman–Crippen MR) is 79.9 cm³/mol. The van der Waals surface area contributed by atoms with E-state index in [1.807, 2.05) is 13.8 Å². The average Bonchev–Trinajstić information content (AvgIpc) is 2.39. The van der Waals surface area contributed by atoms with Gasteiger partial charge in [0, 0.05) is 12.8 Å². The number of unbranched alkanes of at least 4 members (excludes halogenated alkanes) is 4. The quantitative estimate of drug-likeness (QED) is 0.567. The van der Waals surface area contributed by atoms with Gasteiger partial charge in [0.25, 0.3) is 0 Å². The summed E-state index contributed by atoms with van der Waals surface area (Å²) in [4.78, 5) is 10.7. The molecule has 0 aliphatic heterocycles.